The maximum Gasteiger partial charge on any atom is 0.317 e. The molecule has 1 aliphatic heterocycles. The van der Waals surface area contributed by atoms with Gasteiger partial charge in [-0.3, -0.25) is 0 Å². The van der Waals surface area contributed by atoms with Crippen molar-refractivity contribution >= 4 is 6.03 Å². The van der Waals surface area contributed by atoms with E-state index in [1.807, 2.05) is 37.3 Å². The van der Waals surface area contributed by atoms with Crippen LogP contribution in [0.4, 0.5) is 4.79 Å². The maximum absolute atomic E-state index is 12.3. The van der Waals surface area contributed by atoms with E-state index in [0.717, 1.165) is 17.1 Å². The van der Waals surface area contributed by atoms with Gasteiger partial charge in [0.1, 0.15) is 6.61 Å². The summed E-state index contributed by atoms with van der Waals surface area (Å²) in [5.41, 5.74) is 0.931. The molecule has 23 heavy (non-hydrogen) atoms. The van der Waals surface area contributed by atoms with Gasteiger partial charge < -0.3 is 24.1 Å². The molecule has 1 atom stereocenters. The maximum atomic E-state index is 12.3. The topological polar surface area (TPSA) is 63.9 Å². The van der Waals surface area contributed by atoms with Gasteiger partial charge in [0.15, 0.2) is 17.6 Å². The van der Waals surface area contributed by atoms with E-state index in [2.05, 4.69) is 5.32 Å². The van der Waals surface area contributed by atoms with Gasteiger partial charge >= 0.3 is 6.03 Å². The number of likely N-dealkylation sites (N-methyl/N-ethyl adjacent to an activating group) is 1. The Balaban J connectivity index is 1.54. The van der Waals surface area contributed by atoms with E-state index in [1.165, 1.54) is 0 Å². The van der Waals surface area contributed by atoms with E-state index in [0.29, 0.717) is 26.2 Å². The van der Waals surface area contributed by atoms with Crippen LogP contribution in [0.25, 0.3) is 0 Å². The van der Waals surface area contributed by atoms with Crippen molar-refractivity contribution in [3.8, 4) is 11.5 Å². The van der Waals surface area contributed by atoms with Crippen molar-refractivity contribution in [2.45, 2.75) is 19.6 Å². The first-order chi connectivity index (χ1) is 11.3. The number of furan rings is 1. The Morgan fingerprint density at radius 2 is 2.13 bits per heavy atom. The largest absolute Gasteiger partial charge is 0.486 e. The number of benzene rings is 1. The first kappa shape index (κ1) is 15.3. The summed E-state index contributed by atoms with van der Waals surface area (Å²) in [6.07, 6.45) is 3.03. The number of hydrogen-bond donors (Lipinski definition) is 1. The fourth-order valence-corrected chi connectivity index (χ4v) is 2.44. The van der Waals surface area contributed by atoms with Crippen molar-refractivity contribution < 1.29 is 18.7 Å². The minimum atomic E-state index is -0.176. The van der Waals surface area contributed by atoms with Gasteiger partial charge in [0, 0.05) is 18.7 Å². The summed E-state index contributed by atoms with van der Waals surface area (Å²) in [7, 11) is 0. The zero-order valence-corrected chi connectivity index (χ0v) is 13.0. The predicted octanol–water partition coefficient (Wildman–Crippen LogP) is 2.65. The quantitative estimate of drug-likeness (QED) is 0.921. The molecule has 2 heterocycles. The van der Waals surface area contributed by atoms with Crippen LogP contribution >= 0.6 is 0 Å². The van der Waals surface area contributed by atoms with Crippen molar-refractivity contribution in [1.82, 2.24) is 10.2 Å². The van der Waals surface area contributed by atoms with Gasteiger partial charge in [-0.05, 0) is 25.1 Å². The number of rotatable bonds is 5. The van der Waals surface area contributed by atoms with Gasteiger partial charge in [-0.1, -0.05) is 12.1 Å². The van der Waals surface area contributed by atoms with Crippen molar-refractivity contribution in [3.63, 3.8) is 0 Å². The lowest BCUT2D eigenvalue weighted by Crippen LogP contribution is -2.47. The van der Waals surface area contributed by atoms with E-state index < -0.39 is 0 Å². The van der Waals surface area contributed by atoms with E-state index in [-0.39, 0.29) is 12.1 Å². The lowest BCUT2D eigenvalue weighted by atomic mass is 10.2. The second kappa shape index (κ2) is 7.09. The highest BCUT2D eigenvalue weighted by Gasteiger charge is 2.24. The number of carbonyl (C=O) groups excluding carboxylic acids is 1. The molecule has 0 saturated carbocycles. The number of hydrogen-bond acceptors (Lipinski definition) is 4. The SMILES string of the molecule is CCN(C[C@@H]1COc2ccccc2O1)C(=O)NCc1ccoc1. The van der Waals surface area contributed by atoms with E-state index >= 15 is 0 Å². The smallest absolute Gasteiger partial charge is 0.317 e. The molecule has 0 aliphatic carbocycles. The molecule has 0 unspecified atom stereocenters. The van der Waals surface area contributed by atoms with E-state index in [4.69, 9.17) is 13.9 Å². The van der Waals surface area contributed by atoms with Gasteiger partial charge in [-0.2, -0.15) is 0 Å². The van der Waals surface area contributed by atoms with Crippen LogP contribution in [-0.4, -0.2) is 36.7 Å². The molecule has 2 amide bonds. The number of nitrogens with zero attached hydrogens (tertiary/aromatic N) is 1. The highest BCUT2D eigenvalue weighted by Crippen LogP contribution is 2.30. The molecule has 122 valence electrons. The Bertz CT molecular complexity index is 642. The molecule has 0 saturated heterocycles. The summed E-state index contributed by atoms with van der Waals surface area (Å²) in [5.74, 6) is 1.47. The number of para-hydroxylation sites is 2. The van der Waals surface area contributed by atoms with Gasteiger partial charge in [0.2, 0.25) is 0 Å². The minimum Gasteiger partial charge on any atom is -0.486 e. The van der Waals surface area contributed by atoms with Gasteiger partial charge in [0.25, 0.3) is 0 Å². The summed E-state index contributed by atoms with van der Waals surface area (Å²) >= 11 is 0. The predicted molar refractivity (Wildman–Crippen MR) is 84.5 cm³/mol. The molecule has 0 bridgehead atoms. The first-order valence-electron chi connectivity index (χ1n) is 7.68. The summed E-state index contributed by atoms with van der Waals surface area (Å²) in [6, 6.07) is 9.25. The van der Waals surface area contributed by atoms with Crippen LogP contribution in [0.2, 0.25) is 0 Å². The molecule has 2 aromatic rings. The number of amides is 2. The Morgan fingerprint density at radius 1 is 1.30 bits per heavy atom. The van der Waals surface area contributed by atoms with Gasteiger partial charge in [-0.25, -0.2) is 4.79 Å². The molecule has 1 aromatic heterocycles. The molecule has 0 radical (unpaired) electrons. The van der Waals surface area contributed by atoms with Crippen LogP contribution in [0.3, 0.4) is 0 Å². The summed E-state index contributed by atoms with van der Waals surface area (Å²) in [5, 5.41) is 2.88. The van der Waals surface area contributed by atoms with Crippen LogP contribution in [0, 0.1) is 0 Å². The monoisotopic (exact) mass is 316 g/mol. The number of fused-ring (bicyclic) bond motifs is 1. The van der Waals surface area contributed by atoms with Gasteiger partial charge in [-0.15, -0.1) is 0 Å². The molecule has 1 aromatic carbocycles. The van der Waals surface area contributed by atoms with Crippen molar-refractivity contribution in [2.24, 2.45) is 0 Å². The normalized spacial score (nSPS) is 16.0. The van der Waals surface area contributed by atoms with Crippen LogP contribution in [0.5, 0.6) is 11.5 Å². The molecule has 1 aliphatic rings. The van der Waals surface area contributed by atoms with Crippen molar-refractivity contribution in [2.75, 3.05) is 19.7 Å². The van der Waals surface area contributed by atoms with Crippen LogP contribution < -0.4 is 14.8 Å². The molecule has 6 nitrogen and oxygen atoms in total. The fraction of sp³-hybridized carbons (Fsp3) is 0.353. The molecule has 0 fully saturated rings. The Morgan fingerprint density at radius 3 is 2.87 bits per heavy atom. The third-order valence-corrected chi connectivity index (χ3v) is 3.68. The lowest BCUT2D eigenvalue weighted by molar-refractivity contribution is 0.0675. The second-order valence-electron chi connectivity index (χ2n) is 5.33. The molecule has 0 spiro atoms. The number of carbonyl (C=O) groups is 1. The standard InChI is InChI=1S/C17H20N2O4/c1-2-19(17(20)18-9-13-7-8-21-11-13)10-14-12-22-15-5-3-4-6-16(15)23-14/h3-8,11,14H,2,9-10,12H2,1H3,(H,18,20)/t14-/m1/s1. The Hall–Kier alpha value is -2.63. The number of urea groups is 1. The molecule has 1 N–H and O–H groups in total. The zero-order valence-electron chi connectivity index (χ0n) is 13.0. The minimum absolute atomic E-state index is 0.129. The fourth-order valence-electron chi connectivity index (χ4n) is 2.44. The van der Waals surface area contributed by atoms with Crippen LogP contribution in [-0.2, 0) is 6.54 Å². The van der Waals surface area contributed by atoms with Crippen LogP contribution in [0.15, 0.2) is 47.3 Å². The Labute approximate surface area is 135 Å². The third kappa shape index (κ3) is 3.77. The van der Waals surface area contributed by atoms with E-state index in [9.17, 15) is 4.79 Å². The molecular weight excluding hydrogens is 296 g/mol. The molecular formula is C17H20N2O4. The van der Waals surface area contributed by atoms with Gasteiger partial charge in [0.05, 0.1) is 19.1 Å². The van der Waals surface area contributed by atoms with Crippen molar-refractivity contribution in [3.05, 3.63) is 48.4 Å². The number of nitrogens with one attached hydrogen (secondary N) is 1. The van der Waals surface area contributed by atoms with Crippen LogP contribution in [0.1, 0.15) is 12.5 Å². The average molecular weight is 316 g/mol. The number of ether oxygens (including phenoxy) is 2. The highest BCUT2D eigenvalue weighted by molar-refractivity contribution is 5.74. The van der Waals surface area contributed by atoms with E-state index in [1.54, 1.807) is 17.4 Å². The summed E-state index contributed by atoms with van der Waals surface area (Å²) in [6.45, 7) is 3.88. The molecule has 6 heteroatoms. The Kier molecular flexibility index (Phi) is 4.71. The molecule has 3 rings (SSSR count). The lowest BCUT2D eigenvalue weighted by Gasteiger charge is -2.30. The average Bonchev–Trinajstić information content (AvgIpc) is 3.11. The second-order valence-corrected chi connectivity index (χ2v) is 5.33. The highest BCUT2D eigenvalue weighted by atomic mass is 16.6. The van der Waals surface area contributed by atoms with Crippen molar-refractivity contribution in [1.29, 1.82) is 0 Å². The zero-order chi connectivity index (χ0) is 16.1. The third-order valence-electron chi connectivity index (χ3n) is 3.68. The summed E-state index contributed by atoms with van der Waals surface area (Å²) < 4.78 is 16.6. The summed E-state index contributed by atoms with van der Waals surface area (Å²) in [4.78, 5) is 14.0. The first-order valence-corrected chi connectivity index (χ1v) is 7.68.